The number of rotatable bonds is 3. The highest BCUT2D eigenvalue weighted by molar-refractivity contribution is 7.12. The van der Waals surface area contributed by atoms with Crippen molar-refractivity contribution in [3.8, 4) is 0 Å². The predicted octanol–water partition coefficient (Wildman–Crippen LogP) is 2.77. The molecule has 3 rings (SSSR count). The molecule has 0 radical (unpaired) electrons. The first-order valence-corrected chi connectivity index (χ1v) is 7.79. The molecule has 1 fully saturated rings. The van der Waals surface area contributed by atoms with Gasteiger partial charge in [-0.3, -0.25) is 9.48 Å². The van der Waals surface area contributed by atoms with Gasteiger partial charge in [-0.25, -0.2) is 0 Å². The number of piperidine rings is 1. The van der Waals surface area contributed by atoms with Crippen LogP contribution in [0.5, 0.6) is 0 Å². The molecule has 7 heteroatoms. The van der Waals surface area contributed by atoms with Crippen LogP contribution in [0.25, 0.3) is 0 Å². The molecule has 20 heavy (non-hydrogen) atoms. The van der Waals surface area contributed by atoms with E-state index in [0.717, 1.165) is 25.9 Å². The van der Waals surface area contributed by atoms with Gasteiger partial charge in [0.25, 0.3) is 5.91 Å². The molecular formula is C13H15ClN4OS. The highest BCUT2D eigenvalue weighted by Crippen LogP contribution is 2.24. The van der Waals surface area contributed by atoms with Crippen molar-refractivity contribution >= 4 is 34.5 Å². The molecule has 5 nitrogen and oxygen atoms in total. The second-order valence-corrected chi connectivity index (χ2v) is 6.07. The van der Waals surface area contributed by atoms with Crippen LogP contribution in [0.2, 0.25) is 5.02 Å². The monoisotopic (exact) mass is 310 g/mol. The zero-order valence-corrected chi connectivity index (χ0v) is 12.4. The molecule has 1 aliphatic rings. The fourth-order valence-electron chi connectivity index (χ4n) is 2.32. The number of amides is 1. The van der Waals surface area contributed by atoms with Crippen LogP contribution >= 0.6 is 22.9 Å². The second kappa shape index (κ2) is 5.95. The highest BCUT2D eigenvalue weighted by Gasteiger charge is 2.17. The van der Waals surface area contributed by atoms with Crippen molar-refractivity contribution in [3.05, 3.63) is 33.7 Å². The molecule has 0 spiro atoms. The van der Waals surface area contributed by atoms with Crippen molar-refractivity contribution in [2.45, 2.75) is 18.9 Å². The minimum absolute atomic E-state index is 0.185. The van der Waals surface area contributed by atoms with E-state index in [1.54, 1.807) is 17.6 Å². The Kier molecular flexibility index (Phi) is 4.05. The van der Waals surface area contributed by atoms with Crippen molar-refractivity contribution < 1.29 is 4.79 Å². The number of hydrogen-bond donors (Lipinski definition) is 2. The van der Waals surface area contributed by atoms with Gasteiger partial charge >= 0.3 is 0 Å². The van der Waals surface area contributed by atoms with Crippen molar-refractivity contribution in [2.24, 2.45) is 0 Å². The average Bonchev–Trinajstić information content (AvgIpc) is 3.09. The quantitative estimate of drug-likeness (QED) is 0.916. The lowest BCUT2D eigenvalue weighted by molar-refractivity contribution is 0.103. The molecule has 1 aliphatic heterocycles. The van der Waals surface area contributed by atoms with E-state index in [9.17, 15) is 4.79 Å². The molecule has 3 heterocycles. The minimum Gasteiger partial charge on any atom is -0.319 e. The summed E-state index contributed by atoms with van der Waals surface area (Å²) in [6.07, 6.45) is 5.69. The summed E-state index contributed by atoms with van der Waals surface area (Å²) in [6.45, 7) is 2.02. The fraction of sp³-hybridized carbons (Fsp3) is 0.385. The third-order valence-corrected chi connectivity index (χ3v) is 4.71. The van der Waals surface area contributed by atoms with E-state index in [2.05, 4.69) is 15.7 Å². The second-order valence-electron chi connectivity index (χ2n) is 4.74. The van der Waals surface area contributed by atoms with Crippen LogP contribution in [0, 0.1) is 0 Å². The Bertz CT molecular complexity index is 603. The zero-order valence-electron chi connectivity index (χ0n) is 10.8. The molecule has 1 amide bonds. The van der Waals surface area contributed by atoms with Gasteiger partial charge in [-0.1, -0.05) is 11.6 Å². The molecule has 0 bridgehead atoms. The van der Waals surface area contributed by atoms with Crippen LogP contribution in [0.3, 0.4) is 0 Å². The summed E-state index contributed by atoms with van der Waals surface area (Å²) < 4.78 is 1.94. The summed E-state index contributed by atoms with van der Waals surface area (Å²) >= 11 is 7.28. The maximum absolute atomic E-state index is 12.0. The summed E-state index contributed by atoms with van der Waals surface area (Å²) in [5.74, 6) is -0.185. The SMILES string of the molecule is O=C(Nc1cnn(C2CCNCC2)c1)c1sccc1Cl. The summed E-state index contributed by atoms with van der Waals surface area (Å²) in [5, 5.41) is 12.8. The molecule has 106 valence electrons. The Hall–Kier alpha value is -1.37. The van der Waals surface area contributed by atoms with Crippen molar-refractivity contribution in [3.63, 3.8) is 0 Å². The Morgan fingerprint density at radius 2 is 2.30 bits per heavy atom. The van der Waals surface area contributed by atoms with Crippen LogP contribution in [0.4, 0.5) is 5.69 Å². The summed E-state index contributed by atoms with van der Waals surface area (Å²) in [7, 11) is 0. The fourth-order valence-corrected chi connectivity index (χ4v) is 3.35. The Morgan fingerprint density at radius 1 is 1.50 bits per heavy atom. The molecule has 0 saturated carbocycles. The lowest BCUT2D eigenvalue weighted by atomic mass is 10.1. The molecular weight excluding hydrogens is 296 g/mol. The Morgan fingerprint density at radius 3 is 3.00 bits per heavy atom. The topological polar surface area (TPSA) is 59.0 Å². The van der Waals surface area contributed by atoms with Crippen molar-refractivity contribution in [1.82, 2.24) is 15.1 Å². The number of halogens is 1. The minimum atomic E-state index is -0.185. The van der Waals surface area contributed by atoms with Crippen molar-refractivity contribution in [2.75, 3.05) is 18.4 Å². The molecule has 0 aliphatic carbocycles. The largest absolute Gasteiger partial charge is 0.319 e. The number of thiophene rings is 1. The van der Waals surface area contributed by atoms with Crippen LogP contribution in [-0.2, 0) is 0 Å². The first-order chi connectivity index (χ1) is 9.74. The van der Waals surface area contributed by atoms with Gasteiger partial charge in [0.15, 0.2) is 0 Å². The normalized spacial score (nSPS) is 16.2. The summed E-state index contributed by atoms with van der Waals surface area (Å²) in [6, 6.07) is 2.13. The van der Waals surface area contributed by atoms with Gasteiger partial charge in [-0.15, -0.1) is 11.3 Å². The number of aromatic nitrogens is 2. The first-order valence-electron chi connectivity index (χ1n) is 6.53. The number of anilines is 1. The number of carbonyl (C=O) groups excluding carboxylic acids is 1. The highest BCUT2D eigenvalue weighted by atomic mass is 35.5. The van der Waals surface area contributed by atoms with Gasteiger partial charge in [0, 0.05) is 6.20 Å². The van der Waals surface area contributed by atoms with E-state index in [-0.39, 0.29) is 5.91 Å². The molecule has 1 saturated heterocycles. The Labute approximate surface area is 125 Å². The van der Waals surface area contributed by atoms with Gasteiger partial charge in [0.05, 0.1) is 22.9 Å². The number of nitrogens with zero attached hydrogens (tertiary/aromatic N) is 2. The molecule has 0 atom stereocenters. The van der Waals surface area contributed by atoms with Crippen LogP contribution in [0.1, 0.15) is 28.6 Å². The summed E-state index contributed by atoms with van der Waals surface area (Å²) in [5.41, 5.74) is 0.706. The van der Waals surface area contributed by atoms with Gasteiger partial charge in [0.1, 0.15) is 4.88 Å². The first kappa shape index (κ1) is 13.6. The maximum Gasteiger partial charge on any atom is 0.267 e. The van der Waals surface area contributed by atoms with E-state index in [4.69, 9.17) is 11.6 Å². The van der Waals surface area contributed by atoms with Gasteiger partial charge < -0.3 is 10.6 Å². The third-order valence-electron chi connectivity index (χ3n) is 3.37. The number of carbonyl (C=O) groups is 1. The van der Waals surface area contributed by atoms with Gasteiger partial charge in [-0.05, 0) is 37.4 Å². The van der Waals surface area contributed by atoms with E-state index >= 15 is 0 Å². The van der Waals surface area contributed by atoms with Crippen LogP contribution in [0.15, 0.2) is 23.8 Å². The predicted molar refractivity (Wildman–Crippen MR) is 80.6 cm³/mol. The molecule has 2 aromatic rings. The Balaban J connectivity index is 1.68. The molecule has 0 aromatic carbocycles. The lowest BCUT2D eigenvalue weighted by Crippen LogP contribution is -2.29. The number of hydrogen-bond acceptors (Lipinski definition) is 4. The van der Waals surface area contributed by atoms with E-state index in [1.807, 2.05) is 10.9 Å². The van der Waals surface area contributed by atoms with E-state index in [0.29, 0.717) is 21.6 Å². The third kappa shape index (κ3) is 2.87. The molecule has 2 N–H and O–H groups in total. The maximum atomic E-state index is 12.0. The van der Waals surface area contributed by atoms with E-state index in [1.165, 1.54) is 11.3 Å². The lowest BCUT2D eigenvalue weighted by Gasteiger charge is -2.22. The van der Waals surface area contributed by atoms with Crippen LogP contribution in [-0.4, -0.2) is 28.8 Å². The molecule has 0 unspecified atom stereocenters. The van der Waals surface area contributed by atoms with Crippen molar-refractivity contribution in [1.29, 1.82) is 0 Å². The summed E-state index contributed by atoms with van der Waals surface area (Å²) in [4.78, 5) is 12.6. The van der Waals surface area contributed by atoms with Gasteiger partial charge in [-0.2, -0.15) is 5.10 Å². The zero-order chi connectivity index (χ0) is 13.9. The smallest absolute Gasteiger partial charge is 0.267 e. The number of nitrogens with one attached hydrogen (secondary N) is 2. The van der Waals surface area contributed by atoms with Crippen LogP contribution < -0.4 is 10.6 Å². The van der Waals surface area contributed by atoms with Gasteiger partial charge in [0.2, 0.25) is 0 Å². The molecule has 2 aromatic heterocycles. The standard InChI is InChI=1S/C13H15ClN4OS/c14-11-3-6-20-12(11)13(19)17-9-7-16-18(8-9)10-1-4-15-5-2-10/h3,6-8,10,15H,1-2,4-5H2,(H,17,19). The van der Waals surface area contributed by atoms with E-state index < -0.39 is 0 Å². The average molecular weight is 311 g/mol.